The van der Waals surface area contributed by atoms with E-state index in [-0.39, 0.29) is 11.8 Å². The highest BCUT2D eigenvalue weighted by atomic mass is 16.2. The molecule has 1 saturated heterocycles. The molecule has 1 fully saturated rings. The van der Waals surface area contributed by atoms with Gasteiger partial charge in [-0.2, -0.15) is 0 Å². The summed E-state index contributed by atoms with van der Waals surface area (Å²) in [5.41, 5.74) is 10.1. The first-order valence-electron chi connectivity index (χ1n) is 5.42. The molecule has 0 unspecified atom stereocenters. The van der Waals surface area contributed by atoms with E-state index in [2.05, 4.69) is 5.32 Å². The van der Waals surface area contributed by atoms with Crippen molar-refractivity contribution in [3.05, 3.63) is 0 Å². The standard InChI is InChI=1S/C6H14N2O.C4H7NO/c7-5-3-1-2-4-6(8)9;6-4-2-1-3-5-4/h1-5,7H2,(H2,8,9);1-3H2,(H,5,6). The van der Waals surface area contributed by atoms with Gasteiger partial charge in [0.15, 0.2) is 0 Å². The van der Waals surface area contributed by atoms with Crippen LogP contribution in [-0.2, 0) is 9.59 Å². The van der Waals surface area contributed by atoms with E-state index in [1.54, 1.807) is 0 Å². The summed E-state index contributed by atoms with van der Waals surface area (Å²) in [6, 6.07) is 0. The van der Waals surface area contributed by atoms with E-state index < -0.39 is 0 Å². The number of nitrogens with two attached hydrogens (primary N) is 2. The average molecular weight is 215 g/mol. The Hall–Kier alpha value is -1.10. The van der Waals surface area contributed by atoms with Gasteiger partial charge in [0, 0.05) is 19.4 Å². The monoisotopic (exact) mass is 215 g/mol. The molecule has 88 valence electrons. The fraction of sp³-hybridized carbons (Fsp3) is 0.800. The van der Waals surface area contributed by atoms with Crippen LogP contribution in [0.2, 0.25) is 0 Å². The molecule has 0 aromatic carbocycles. The van der Waals surface area contributed by atoms with Crippen LogP contribution in [0.5, 0.6) is 0 Å². The minimum Gasteiger partial charge on any atom is -0.370 e. The van der Waals surface area contributed by atoms with Crippen LogP contribution in [0.1, 0.15) is 38.5 Å². The van der Waals surface area contributed by atoms with Gasteiger partial charge in [0.25, 0.3) is 0 Å². The molecule has 5 N–H and O–H groups in total. The summed E-state index contributed by atoms with van der Waals surface area (Å²) >= 11 is 0. The molecule has 0 saturated carbocycles. The molecular weight excluding hydrogens is 194 g/mol. The van der Waals surface area contributed by atoms with Crippen molar-refractivity contribution < 1.29 is 9.59 Å². The third-order valence-corrected chi connectivity index (χ3v) is 2.03. The quantitative estimate of drug-likeness (QED) is 0.558. The fourth-order valence-electron chi connectivity index (χ4n) is 1.19. The van der Waals surface area contributed by atoms with Gasteiger partial charge in [-0.25, -0.2) is 0 Å². The van der Waals surface area contributed by atoms with Crippen LogP contribution in [-0.4, -0.2) is 24.9 Å². The minimum absolute atomic E-state index is 0.204. The van der Waals surface area contributed by atoms with Crippen molar-refractivity contribution in [2.24, 2.45) is 11.5 Å². The van der Waals surface area contributed by atoms with Crippen molar-refractivity contribution in [3.63, 3.8) is 0 Å². The lowest BCUT2D eigenvalue weighted by atomic mass is 10.2. The predicted molar refractivity (Wildman–Crippen MR) is 59.0 cm³/mol. The molecule has 5 nitrogen and oxygen atoms in total. The SMILES string of the molecule is NCCCCCC(N)=O.O=C1CCCN1. The first kappa shape index (κ1) is 13.9. The second-order valence-electron chi connectivity index (χ2n) is 3.52. The number of amides is 2. The van der Waals surface area contributed by atoms with E-state index in [4.69, 9.17) is 11.5 Å². The third kappa shape index (κ3) is 10.8. The first-order chi connectivity index (χ1) is 7.16. The summed E-state index contributed by atoms with van der Waals surface area (Å²) in [6.45, 7) is 1.59. The van der Waals surface area contributed by atoms with E-state index in [0.29, 0.717) is 13.0 Å². The number of rotatable bonds is 5. The second-order valence-corrected chi connectivity index (χ2v) is 3.52. The molecule has 0 radical (unpaired) electrons. The van der Waals surface area contributed by atoms with Gasteiger partial charge >= 0.3 is 0 Å². The lowest BCUT2D eigenvalue weighted by molar-refractivity contribution is -0.119. The number of carbonyl (C=O) groups excluding carboxylic acids is 2. The highest BCUT2D eigenvalue weighted by Gasteiger charge is 2.05. The zero-order valence-corrected chi connectivity index (χ0v) is 9.13. The summed E-state index contributed by atoms with van der Waals surface area (Å²) in [7, 11) is 0. The Morgan fingerprint density at radius 1 is 1.33 bits per heavy atom. The Balaban J connectivity index is 0.000000280. The molecule has 0 spiro atoms. The fourth-order valence-corrected chi connectivity index (χ4v) is 1.19. The van der Waals surface area contributed by atoms with Gasteiger partial charge in [0.1, 0.15) is 0 Å². The number of unbranched alkanes of at least 4 members (excludes halogenated alkanes) is 2. The minimum atomic E-state index is -0.216. The van der Waals surface area contributed by atoms with Crippen LogP contribution >= 0.6 is 0 Å². The van der Waals surface area contributed by atoms with E-state index in [1.165, 1.54) is 0 Å². The lowest BCUT2D eigenvalue weighted by Crippen LogP contribution is -2.12. The summed E-state index contributed by atoms with van der Waals surface area (Å²) in [6.07, 6.45) is 5.15. The number of hydrogen-bond donors (Lipinski definition) is 3. The molecule has 2 amide bonds. The van der Waals surface area contributed by atoms with Gasteiger partial charge in [-0.05, 0) is 25.8 Å². The molecule has 1 aliphatic heterocycles. The van der Waals surface area contributed by atoms with Gasteiger partial charge in [0.2, 0.25) is 11.8 Å². The zero-order chi connectivity index (χ0) is 11.5. The average Bonchev–Trinajstić information content (AvgIpc) is 2.65. The molecule has 0 aromatic rings. The molecule has 1 rings (SSSR count). The zero-order valence-electron chi connectivity index (χ0n) is 9.13. The maximum atomic E-state index is 10.2. The number of nitrogens with one attached hydrogen (secondary N) is 1. The Morgan fingerprint density at radius 2 is 2.07 bits per heavy atom. The third-order valence-electron chi connectivity index (χ3n) is 2.03. The Bertz CT molecular complexity index is 187. The maximum absolute atomic E-state index is 10.2. The smallest absolute Gasteiger partial charge is 0.220 e. The molecule has 0 aromatic heterocycles. The van der Waals surface area contributed by atoms with Gasteiger partial charge in [-0.1, -0.05) is 6.42 Å². The van der Waals surface area contributed by atoms with Crippen LogP contribution in [0, 0.1) is 0 Å². The predicted octanol–water partition coefficient (Wildman–Crippen LogP) is -0.113. The number of hydrogen-bond acceptors (Lipinski definition) is 3. The van der Waals surface area contributed by atoms with Gasteiger partial charge < -0.3 is 16.8 Å². The molecule has 0 bridgehead atoms. The van der Waals surface area contributed by atoms with E-state index in [0.717, 1.165) is 38.6 Å². The number of carbonyl (C=O) groups is 2. The van der Waals surface area contributed by atoms with Crippen molar-refractivity contribution in [3.8, 4) is 0 Å². The second kappa shape index (κ2) is 9.45. The molecule has 1 aliphatic rings. The van der Waals surface area contributed by atoms with Crippen LogP contribution < -0.4 is 16.8 Å². The van der Waals surface area contributed by atoms with E-state index >= 15 is 0 Å². The van der Waals surface area contributed by atoms with Crippen molar-refractivity contribution in [1.82, 2.24) is 5.32 Å². The van der Waals surface area contributed by atoms with Gasteiger partial charge in [-0.3, -0.25) is 9.59 Å². The Kier molecular flexibility index (Phi) is 8.76. The summed E-state index contributed by atoms with van der Waals surface area (Å²) in [4.78, 5) is 20.3. The summed E-state index contributed by atoms with van der Waals surface area (Å²) in [5.74, 6) is -0.0120. The highest BCUT2D eigenvalue weighted by molar-refractivity contribution is 5.77. The van der Waals surface area contributed by atoms with Crippen LogP contribution in [0.3, 0.4) is 0 Å². The largest absolute Gasteiger partial charge is 0.370 e. The summed E-state index contributed by atoms with van der Waals surface area (Å²) in [5, 5.41) is 2.68. The molecule has 0 aliphatic carbocycles. The van der Waals surface area contributed by atoms with Crippen molar-refractivity contribution in [2.45, 2.75) is 38.5 Å². The van der Waals surface area contributed by atoms with Crippen LogP contribution in [0.4, 0.5) is 0 Å². The van der Waals surface area contributed by atoms with Crippen LogP contribution in [0.25, 0.3) is 0 Å². The topological polar surface area (TPSA) is 98.2 Å². The Morgan fingerprint density at radius 3 is 2.40 bits per heavy atom. The number of primary amides is 1. The van der Waals surface area contributed by atoms with Crippen molar-refractivity contribution >= 4 is 11.8 Å². The summed E-state index contributed by atoms with van der Waals surface area (Å²) < 4.78 is 0. The first-order valence-corrected chi connectivity index (χ1v) is 5.42. The molecule has 5 heteroatoms. The van der Waals surface area contributed by atoms with Crippen molar-refractivity contribution in [2.75, 3.05) is 13.1 Å². The van der Waals surface area contributed by atoms with Crippen molar-refractivity contribution in [1.29, 1.82) is 0 Å². The van der Waals surface area contributed by atoms with E-state index in [1.807, 2.05) is 0 Å². The highest BCUT2D eigenvalue weighted by Crippen LogP contribution is 1.96. The molecule has 0 atom stereocenters. The maximum Gasteiger partial charge on any atom is 0.220 e. The van der Waals surface area contributed by atoms with Crippen LogP contribution in [0.15, 0.2) is 0 Å². The molecular formula is C10H21N3O2. The molecule has 15 heavy (non-hydrogen) atoms. The Labute approximate surface area is 90.6 Å². The van der Waals surface area contributed by atoms with Gasteiger partial charge in [0.05, 0.1) is 0 Å². The molecule has 1 heterocycles. The van der Waals surface area contributed by atoms with Gasteiger partial charge in [-0.15, -0.1) is 0 Å². The van der Waals surface area contributed by atoms with E-state index in [9.17, 15) is 9.59 Å². The lowest BCUT2D eigenvalue weighted by Gasteiger charge is -1.93. The normalized spacial score (nSPS) is 14.1.